The van der Waals surface area contributed by atoms with Crippen molar-refractivity contribution in [2.75, 3.05) is 7.05 Å². The van der Waals surface area contributed by atoms with Gasteiger partial charge in [-0.15, -0.1) is 16.4 Å². The van der Waals surface area contributed by atoms with Gasteiger partial charge in [-0.1, -0.05) is 36.4 Å². The Morgan fingerprint density at radius 2 is 2.05 bits per heavy atom. The molecule has 0 aliphatic rings. The molecule has 0 saturated heterocycles. The van der Waals surface area contributed by atoms with Crippen LogP contribution in [0, 0.1) is 0 Å². The molecule has 0 unspecified atom stereocenters. The van der Waals surface area contributed by atoms with Gasteiger partial charge in [-0.25, -0.2) is 9.78 Å². The SMILES string of the molecule is CN(Cc1ccccc1)C(=O)n1cnc(-c2cccs2)n1. The molecule has 0 aliphatic heterocycles. The lowest BCUT2D eigenvalue weighted by Gasteiger charge is -2.16. The van der Waals surface area contributed by atoms with Crippen molar-refractivity contribution in [3.05, 3.63) is 59.7 Å². The van der Waals surface area contributed by atoms with Crippen molar-refractivity contribution in [2.45, 2.75) is 6.54 Å². The molecule has 5 nitrogen and oxygen atoms in total. The second-order valence-corrected chi connectivity index (χ2v) is 5.56. The highest BCUT2D eigenvalue weighted by Crippen LogP contribution is 2.20. The van der Waals surface area contributed by atoms with Crippen LogP contribution in [0.2, 0.25) is 0 Å². The zero-order chi connectivity index (χ0) is 14.7. The van der Waals surface area contributed by atoms with Crippen molar-refractivity contribution in [2.24, 2.45) is 0 Å². The van der Waals surface area contributed by atoms with E-state index in [0.717, 1.165) is 10.4 Å². The van der Waals surface area contributed by atoms with E-state index in [2.05, 4.69) is 10.1 Å². The summed E-state index contributed by atoms with van der Waals surface area (Å²) < 4.78 is 1.28. The summed E-state index contributed by atoms with van der Waals surface area (Å²) in [5.74, 6) is 0.575. The largest absolute Gasteiger partial charge is 0.346 e. The summed E-state index contributed by atoms with van der Waals surface area (Å²) in [5, 5.41) is 6.20. The molecular formula is C15H14N4OS. The Kier molecular flexibility index (Phi) is 3.79. The van der Waals surface area contributed by atoms with Crippen LogP contribution in [0.25, 0.3) is 10.7 Å². The predicted octanol–water partition coefficient (Wildman–Crippen LogP) is 3.11. The molecule has 21 heavy (non-hydrogen) atoms. The number of thiophene rings is 1. The zero-order valence-electron chi connectivity index (χ0n) is 11.5. The molecule has 0 radical (unpaired) electrons. The second-order valence-electron chi connectivity index (χ2n) is 4.61. The fourth-order valence-electron chi connectivity index (χ4n) is 1.97. The third-order valence-corrected chi connectivity index (χ3v) is 3.88. The number of hydrogen-bond donors (Lipinski definition) is 0. The first-order valence-electron chi connectivity index (χ1n) is 6.49. The fourth-order valence-corrected chi connectivity index (χ4v) is 2.63. The number of benzene rings is 1. The van der Waals surface area contributed by atoms with Crippen LogP contribution in [0.4, 0.5) is 4.79 Å². The molecule has 0 N–H and O–H groups in total. The molecule has 2 heterocycles. The summed E-state index contributed by atoms with van der Waals surface area (Å²) in [4.78, 5) is 19.1. The van der Waals surface area contributed by atoms with E-state index in [1.165, 1.54) is 11.0 Å². The highest BCUT2D eigenvalue weighted by Gasteiger charge is 2.14. The van der Waals surface area contributed by atoms with Crippen LogP contribution in [0.15, 0.2) is 54.2 Å². The molecule has 0 aliphatic carbocycles. The van der Waals surface area contributed by atoms with E-state index >= 15 is 0 Å². The maximum atomic E-state index is 12.3. The Labute approximate surface area is 126 Å². The minimum absolute atomic E-state index is 0.200. The predicted molar refractivity (Wildman–Crippen MR) is 82.0 cm³/mol. The lowest BCUT2D eigenvalue weighted by Crippen LogP contribution is -2.31. The van der Waals surface area contributed by atoms with Gasteiger partial charge in [0.25, 0.3) is 0 Å². The van der Waals surface area contributed by atoms with E-state index in [-0.39, 0.29) is 6.03 Å². The number of rotatable bonds is 3. The maximum Gasteiger partial charge on any atom is 0.346 e. The average Bonchev–Trinajstić information content (AvgIpc) is 3.18. The van der Waals surface area contributed by atoms with Crippen molar-refractivity contribution in [1.29, 1.82) is 0 Å². The van der Waals surface area contributed by atoms with Crippen LogP contribution in [0.3, 0.4) is 0 Å². The Morgan fingerprint density at radius 3 is 2.76 bits per heavy atom. The van der Waals surface area contributed by atoms with Gasteiger partial charge in [-0.3, -0.25) is 0 Å². The normalized spacial score (nSPS) is 10.5. The number of hydrogen-bond acceptors (Lipinski definition) is 4. The van der Waals surface area contributed by atoms with Gasteiger partial charge in [0.15, 0.2) is 5.82 Å². The first kappa shape index (κ1) is 13.5. The highest BCUT2D eigenvalue weighted by atomic mass is 32.1. The van der Waals surface area contributed by atoms with E-state index in [9.17, 15) is 4.79 Å². The summed E-state index contributed by atoms with van der Waals surface area (Å²) in [5.41, 5.74) is 1.08. The van der Waals surface area contributed by atoms with E-state index in [0.29, 0.717) is 12.4 Å². The smallest absolute Gasteiger partial charge is 0.322 e. The van der Waals surface area contributed by atoms with Gasteiger partial charge in [0.2, 0.25) is 0 Å². The van der Waals surface area contributed by atoms with Crippen molar-refractivity contribution in [1.82, 2.24) is 19.7 Å². The van der Waals surface area contributed by atoms with Gasteiger partial charge < -0.3 is 4.90 Å². The Bertz CT molecular complexity index is 721. The van der Waals surface area contributed by atoms with Crippen LogP contribution in [0.1, 0.15) is 5.56 Å². The Morgan fingerprint density at radius 1 is 1.24 bits per heavy atom. The number of amides is 1. The molecule has 1 amide bonds. The van der Waals surface area contributed by atoms with E-state index < -0.39 is 0 Å². The molecule has 0 saturated carbocycles. The average molecular weight is 298 g/mol. The summed E-state index contributed by atoms with van der Waals surface area (Å²) in [6, 6.07) is 13.5. The van der Waals surface area contributed by atoms with Gasteiger partial charge in [-0.05, 0) is 17.0 Å². The topological polar surface area (TPSA) is 51.0 Å². The summed E-state index contributed by atoms with van der Waals surface area (Å²) in [6.07, 6.45) is 1.46. The third kappa shape index (κ3) is 3.00. The van der Waals surface area contributed by atoms with E-state index in [1.54, 1.807) is 23.3 Å². The minimum atomic E-state index is -0.200. The van der Waals surface area contributed by atoms with Gasteiger partial charge in [0, 0.05) is 13.6 Å². The van der Waals surface area contributed by atoms with Gasteiger partial charge in [0.05, 0.1) is 4.88 Å². The van der Waals surface area contributed by atoms with Gasteiger partial charge in [0.1, 0.15) is 6.33 Å². The molecule has 1 aromatic carbocycles. The van der Waals surface area contributed by atoms with Crippen molar-refractivity contribution in [3.8, 4) is 10.7 Å². The third-order valence-electron chi connectivity index (χ3n) is 3.02. The summed E-state index contributed by atoms with van der Waals surface area (Å²) in [7, 11) is 1.75. The molecule has 3 aromatic rings. The number of carbonyl (C=O) groups excluding carboxylic acids is 1. The van der Waals surface area contributed by atoms with Crippen LogP contribution in [0.5, 0.6) is 0 Å². The quantitative estimate of drug-likeness (QED) is 0.746. The molecular weight excluding hydrogens is 284 g/mol. The van der Waals surface area contributed by atoms with Crippen molar-refractivity contribution < 1.29 is 4.79 Å². The van der Waals surface area contributed by atoms with Crippen LogP contribution in [-0.2, 0) is 6.54 Å². The molecule has 0 atom stereocenters. The number of aromatic nitrogens is 3. The highest BCUT2D eigenvalue weighted by molar-refractivity contribution is 7.13. The van der Waals surface area contributed by atoms with Crippen LogP contribution >= 0.6 is 11.3 Å². The standard InChI is InChI=1S/C15H14N4OS/c1-18(10-12-6-3-2-4-7-12)15(20)19-11-16-14(17-19)13-8-5-9-21-13/h2-9,11H,10H2,1H3. The minimum Gasteiger partial charge on any atom is -0.322 e. The molecule has 106 valence electrons. The number of carbonyl (C=O) groups is 1. The van der Waals surface area contributed by atoms with E-state index in [4.69, 9.17) is 0 Å². The zero-order valence-corrected chi connectivity index (χ0v) is 12.3. The van der Waals surface area contributed by atoms with Gasteiger partial charge >= 0.3 is 6.03 Å². The van der Waals surface area contributed by atoms with E-state index in [1.807, 2.05) is 47.8 Å². The first-order valence-corrected chi connectivity index (χ1v) is 7.37. The Balaban J connectivity index is 1.73. The summed E-state index contributed by atoms with van der Waals surface area (Å²) in [6.45, 7) is 0.536. The molecule has 0 bridgehead atoms. The van der Waals surface area contributed by atoms with Crippen molar-refractivity contribution >= 4 is 17.4 Å². The number of nitrogens with zero attached hydrogens (tertiary/aromatic N) is 4. The van der Waals surface area contributed by atoms with Crippen LogP contribution < -0.4 is 0 Å². The molecule has 6 heteroatoms. The Hall–Kier alpha value is -2.47. The molecule has 0 spiro atoms. The summed E-state index contributed by atoms with van der Waals surface area (Å²) >= 11 is 1.55. The second kappa shape index (κ2) is 5.88. The molecule has 0 fully saturated rings. The van der Waals surface area contributed by atoms with Crippen LogP contribution in [-0.4, -0.2) is 32.7 Å². The first-order chi connectivity index (χ1) is 10.2. The van der Waals surface area contributed by atoms with Gasteiger partial charge in [-0.2, -0.15) is 4.68 Å². The maximum absolute atomic E-state index is 12.3. The molecule has 2 aromatic heterocycles. The molecule has 3 rings (SSSR count). The lowest BCUT2D eigenvalue weighted by atomic mass is 10.2. The van der Waals surface area contributed by atoms with Crippen molar-refractivity contribution in [3.63, 3.8) is 0 Å². The monoisotopic (exact) mass is 298 g/mol. The lowest BCUT2D eigenvalue weighted by molar-refractivity contribution is 0.205. The fraction of sp³-hybridized carbons (Fsp3) is 0.133.